The monoisotopic (exact) mass is 497 g/mol. The first kappa shape index (κ1) is 22.3. The summed E-state index contributed by atoms with van der Waals surface area (Å²) in [5, 5.41) is 17.4. The van der Waals surface area contributed by atoms with Crippen LogP contribution in [0, 0.1) is 17.1 Å². The maximum Gasteiger partial charge on any atom is 0.225 e. The number of rotatable bonds is 6. The van der Waals surface area contributed by atoms with E-state index in [1.807, 2.05) is 4.90 Å². The number of benzene rings is 1. The second-order valence-electron chi connectivity index (χ2n) is 7.95. The van der Waals surface area contributed by atoms with Crippen LogP contribution in [0.5, 0.6) is 5.75 Å². The van der Waals surface area contributed by atoms with Gasteiger partial charge in [0.05, 0.1) is 28.1 Å². The molecule has 0 unspecified atom stereocenters. The van der Waals surface area contributed by atoms with E-state index in [1.54, 1.807) is 25.4 Å². The number of anilines is 1. The van der Waals surface area contributed by atoms with Crippen molar-refractivity contribution in [2.24, 2.45) is 0 Å². The van der Waals surface area contributed by atoms with Gasteiger partial charge in [0, 0.05) is 60.0 Å². The number of nitrogens with one attached hydrogen (secondary N) is 1. The van der Waals surface area contributed by atoms with Gasteiger partial charge in [-0.1, -0.05) is 23.2 Å². The summed E-state index contributed by atoms with van der Waals surface area (Å²) >= 11 is 12.4. The zero-order chi connectivity index (χ0) is 23.8. The highest BCUT2D eigenvalue weighted by Crippen LogP contribution is 2.36. The molecule has 34 heavy (non-hydrogen) atoms. The van der Waals surface area contributed by atoms with Crippen molar-refractivity contribution in [1.29, 1.82) is 5.26 Å². The van der Waals surface area contributed by atoms with E-state index < -0.39 is 11.9 Å². The number of H-pyrrole nitrogens is 1. The molecule has 3 aromatic heterocycles. The number of aromatic nitrogens is 5. The molecule has 1 fully saturated rings. The van der Waals surface area contributed by atoms with Crippen LogP contribution in [-0.2, 0) is 0 Å². The Morgan fingerprint density at radius 2 is 1.97 bits per heavy atom. The fourth-order valence-corrected chi connectivity index (χ4v) is 4.67. The molecule has 0 radical (unpaired) electrons. The smallest absolute Gasteiger partial charge is 0.225 e. The van der Waals surface area contributed by atoms with E-state index in [0.29, 0.717) is 50.1 Å². The van der Waals surface area contributed by atoms with Gasteiger partial charge in [0.1, 0.15) is 11.8 Å². The number of ether oxygens (including phenoxy) is 1. The average Bonchev–Trinajstić information content (AvgIpc) is 3.20. The number of aromatic amines is 1. The third-order valence-electron chi connectivity index (χ3n) is 5.86. The largest absolute Gasteiger partial charge is 0.483 e. The second kappa shape index (κ2) is 9.05. The van der Waals surface area contributed by atoms with Crippen molar-refractivity contribution in [3.05, 3.63) is 58.3 Å². The lowest BCUT2D eigenvalue weighted by molar-refractivity contribution is 0.217. The van der Waals surface area contributed by atoms with E-state index in [-0.39, 0.29) is 11.8 Å². The van der Waals surface area contributed by atoms with E-state index in [4.69, 9.17) is 33.2 Å². The molecule has 0 amide bonds. The lowest BCUT2D eigenvalue weighted by Crippen LogP contribution is -2.48. The third-order valence-corrected chi connectivity index (χ3v) is 6.46. The summed E-state index contributed by atoms with van der Waals surface area (Å²) in [6.45, 7) is 2.55. The van der Waals surface area contributed by atoms with Crippen molar-refractivity contribution < 1.29 is 9.13 Å². The van der Waals surface area contributed by atoms with Gasteiger partial charge < -0.3 is 9.64 Å². The van der Waals surface area contributed by atoms with Gasteiger partial charge in [0.25, 0.3) is 0 Å². The van der Waals surface area contributed by atoms with E-state index in [2.05, 4.69) is 31.2 Å². The Morgan fingerprint density at radius 1 is 1.24 bits per heavy atom. The van der Waals surface area contributed by atoms with Crippen molar-refractivity contribution in [3.63, 3.8) is 0 Å². The maximum atomic E-state index is 14.8. The Labute approximate surface area is 204 Å². The molecule has 4 heterocycles. The highest BCUT2D eigenvalue weighted by Gasteiger charge is 2.29. The average molecular weight is 498 g/mol. The van der Waals surface area contributed by atoms with Gasteiger partial charge in [-0.15, -0.1) is 0 Å². The van der Waals surface area contributed by atoms with Gasteiger partial charge in [-0.05, 0) is 19.4 Å². The van der Waals surface area contributed by atoms with Crippen LogP contribution in [0.25, 0.3) is 22.2 Å². The molecule has 0 spiro atoms. The summed E-state index contributed by atoms with van der Waals surface area (Å²) in [7, 11) is 0. The molecule has 1 aromatic carbocycles. The molecule has 1 saturated heterocycles. The van der Waals surface area contributed by atoms with Crippen molar-refractivity contribution >= 4 is 40.1 Å². The first-order valence-corrected chi connectivity index (χ1v) is 11.3. The molecule has 172 valence electrons. The minimum Gasteiger partial charge on any atom is -0.483 e. The molecule has 8 nitrogen and oxygen atoms in total. The molecule has 0 bridgehead atoms. The predicted octanol–water partition coefficient (Wildman–Crippen LogP) is 5.49. The van der Waals surface area contributed by atoms with Crippen LogP contribution in [0.1, 0.15) is 31.4 Å². The van der Waals surface area contributed by atoms with Gasteiger partial charge in [-0.3, -0.25) is 10.1 Å². The molecular formula is C23H18Cl2FN7O. The Balaban J connectivity index is 1.44. The second-order valence-corrected chi connectivity index (χ2v) is 8.76. The molecule has 2 atom stereocenters. The molecular weight excluding hydrogens is 480 g/mol. The summed E-state index contributed by atoms with van der Waals surface area (Å²) in [5.41, 5.74) is 2.26. The first-order chi connectivity index (χ1) is 16.5. The van der Waals surface area contributed by atoms with Crippen LogP contribution in [-0.4, -0.2) is 37.7 Å². The standard InChI is InChI=1S/C23H18Cl2FN7O/c1-12(21-16(24)10-28-11-17(21)25)34-20-6-15-19(7-18(20)26)31-32-22(15)13-8-29-23(30-9-13)33-5-3-14(33)2-4-27/h6-12,14H,2-3,5H2,1H3,(H,31,32)/t12-,14-/m1/s1. The van der Waals surface area contributed by atoms with Gasteiger partial charge in [-0.2, -0.15) is 10.4 Å². The highest BCUT2D eigenvalue weighted by atomic mass is 35.5. The van der Waals surface area contributed by atoms with Crippen LogP contribution in [0.2, 0.25) is 10.0 Å². The summed E-state index contributed by atoms with van der Waals surface area (Å²) < 4.78 is 20.7. The summed E-state index contributed by atoms with van der Waals surface area (Å²) in [5.74, 6) is 0.0536. The predicted molar refractivity (Wildman–Crippen MR) is 126 cm³/mol. The fourth-order valence-electron chi connectivity index (χ4n) is 4.00. The molecule has 1 aliphatic heterocycles. The molecule has 4 aromatic rings. The number of nitriles is 1. The SMILES string of the molecule is C[C@@H](Oc1cc2c(-c3cnc(N4CC[C@H]4CC#N)nc3)n[nH]c2cc1F)c1c(Cl)cncc1Cl. The maximum absolute atomic E-state index is 14.8. The number of nitrogens with zero attached hydrogens (tertiary/aromatic N) is 6. The Hall–Kier alpha value is -3.48. The van der Waals surface area contributed by atoms with Crippen LogP contribution in [0.4, 0.5) is 10.3 Å². The van der Waals surface area contributed by atoms with Gasteiger partial charge in [-0.25, -0.2) is 14.4 Å². The molecule has 5 rings (SSSR count). The number of halogens is 3. The lowest BCUT2D eigenvalue weighted by Gasteiger charge is -2.39. The molecule has 0 aliphatic carbocycles. The van der Waals surface area contributed by atoms with Crippen LogP contribution in [0.15, 0.2) is 36.9 Å². The van der Waals surface area contributed by atoms with E-state index in [1.165, 1.54) is 18.5 Å². The lowest BCUT2D eigenvalue weighted by atomic mass is 10.0. The van der Waals surface area contributed by atoms with Gasteiger partial charge in [0.15, 0.2) is 11.6 Å². The summed E-state index contributed by atoms with van der Waals surface area (Å²) in [6.07, 6.45) is 7.03. The zero-order valence-electron chi connectivity index (χ0n) is 18.0. The highest BCUT2D eigenvalue weighted by molar-refractivity contribution is 6.35. The normalized spacial score (nSPS) is 16.2. The molecule has 11 heteroatoms. The minimum absolute atomic E-state index is 0.0315. The van der Waals surface area contributed by atoms with E-state index in [9.17, 15) is 4.39 Å². The van der Waals surface area contributed by atoms with Crippen molar-refractivity contribution in [1.82, 2.24) is 25.1 Å². The summed E-state index contributed by atoms with van der Waals surface area (Å²) in [6, 6.07) is 5.24. The number of fused-ring (bicyclic) bond motifs is 1. The fraction of sp³-hybridized carbons (Fsp3) is 0.261. The van der Waals surface area contributed by atoms with E-state index >= 15 is 0 Å². The third kappa shape index (κ3) is 4.00. The van der Waals surface area contributed by atoms with Gasteiger partial charge in [0.2, 0.25) is 5.95 Å². The number of pyridine rings is 1. The number of hydrogen-bond donors (Lipinski definition) is 1. The van der Waals surface area contributed by atoms with Crippen LogP contribution >= 0.6 is 23.2 Å². The van der Waals surface area contributed by atoms with Crippen molar-refractivity contribution in [2.75, 3.05) is 11.4 Å². The molecule has 0 saturated carbocycles. The van der Waals surface area contributed by atoms with Crippen molar-refractivity contribution in [2.45, 2.75) is 31.9 Å². The summed E-state index contributed by atoms with van der Waals surface area (Å²) in [4.78, 5) is 14.9. The van der Waals surface area contributed by atoms with Crippen LogP contribution < -0.4 is 9.64 Å². The Bertz CT molecular complexity index is 1380. The number of hydrogen-bond acceptors (Lipinski definition) is 7. The topological polar surface area (TPSA) is 104 Å². The van der Waals surface area contributed by atoms with Crippen molar-refractivity contribution in [3.8, 4) is 23.1 Å². The van der Waals surface area contributed by atoms with Crippen LogP contribution in [0.3, 0.4) is 0 Å². The Kier molecular flexibility index (Phi) is 5.94. The van der Waals surface area contributed by atoms with Gasteiger partial charge >= 0.3 is 0 Å². The minimum atomic E-state index is -0.620. The Morgan fingerprint density at radius 3 is 2.62 bits per heavy atom. The zero-order valence-corrected chi connectivity index (χ0v) is 19.5. The quantitative estimate of drug-likeness (QED) is 0.375. The molecule has 1 aliphatic rings. The van der Waals surface area contributed by atoms with E-state index in [0.717, 1.165) is 13.0 Å². The molecule has 1 N–H and O–H groups in total. The first-order valence-electron chi connectivity index (χ1n) is 10.6.